The minimum absolute atomic E-state index is 0.0443. The van der Waals surface area contributed by atoms with Gasteiger partial charge in [-0.3, -0.25) is 9.59 Å². The molecule has 2 N–H and O–H groups in total. The van der Waals surface area contributed by atoms with Crippen molar-refractivity contribution >= 4 is 11.6 Å². The molecule has 3 heteroatoms. The van der Waals surface area contributed by atoms with E-state index in [1.54, 1.807) is 12.1 Å². The molecule has 1 aromatic rings. The highest BCUT2D eigenvalue weighted by Gasteiger charge is 2.33. The second-order valence-corrected chi connectivity index (χ2v) is 5.34. The van der Waals surface area contributed by atoms with Crippen molar-refractivity contribution in [2.24, 2.45) is 11.7 Å². The van der Waals surface area contributed by atoms with E-state index in [4.69, 9.17) is 5.73 Å². The molecule has 0 saturated heterocycles. The summed E-state index contributed by atoms with van der Waals surface area (Å²) in [5.74, 6) is 0.514. The third-order valence-electron chi connectivity index (χ3n) is 4.27. The molecule has 0 bridgehead atoms. The third kappa shape index (κ3) is 1.94. The molecule has 0 aromatic heterocycles. The number of carbonyl (C=O) groups is 2. The molecular formula is C16H17NO2. The van der Waals surface area contributed by atoms with E-state index in [9.17, 15) is 9.59 Å². The fourth-order valence-electron chi connectivity index (χ4n) is 3.08. The molecule has 0 fully saturated rings. The lowest BCUT2D eigenvalue weighted by Crippen LogP contribution is -2.21. The summed E-state index contributed by atoms with van der Waals surface area (Å²) >= 11 is 0. The van der Waals surface area contributed by atoms with Crippen LogP contribution in [-0.4, -0.2) is 18.1 Å². The highest BCUT2D eigenvalue weighted by Crippen LogP contribution is 2.35. The minimum atomic E-state index is 0.0443. The zero-order valence-electron chi connectivity index (χ0n) is 10.8. The molecule has 0 heterocycles. The van der Waals surface area contributed by atoms with Crippen LogP contribution in [0.25, 0.3) is 0 Å². The molecule has 0 radical (unpaired) electrons. The summed E-state index contributed by atoms with van der Waals surface area (Å²) in [6.07, 6.45) is 3.21. The second kappa shape index (κ2) is 4.74. The number of fused-ring (bicyclic) bond motifs is 1. The summed E-state index contributed by atoms with van der Waals surface area (Å²) < 4.78 is 0. The number of hydrogen-bond acceptors (Lipinski definition) is 3. The SMILES string of the molecule is NCC1CCC2=C(CC1)C(=O)c1ccccc1C2=O. The first-order chi connectivity index (χ1) is 9.22. The van der Waals surface area contributed by atoms with Gasteiger partial charge in [0.2, 0.25) is 0 Å². The Balaban J connectivity index is 2.04. The zero-order valence-corrected chi connectivity index (χ0v) is 10.8. The van der Waals surface area contributed by atoms with Gasteiger partial charge in [-0.25, -0.2) is 0 Å². The van der Waals surface area contributed by atoms with Crippen LogP contribution in [0.3, 0.4) is 0 Å². The van der Waals surface area contributed by atoms with Crippen LogP contribution in [0.1, 0.15) is 46.4 Å². The van der Waals surface area contributed by atoms with Gasteiger partial charge in [0.1, 0.15) is 0 Å². The lowest BCUT2D eigenvalue weighted by Gasteiger charge is -2.19. The summed E-state index contributed by atoms with van der Waals surface area (Å²) in [5.41, 5.74) is 8.33. The van der Waals surface area contributed by atoms with E-state index in [2.05, 4.69) is 0 Å². The van der Waals surface area contributed by atoms with Gasteiger partial charge in [-0.15, -0.1) is 0 Å². The largest absolute Gasteiger partial charge is 0.330 e. The second-order valence-electron chi connectivity index (χ2n) is 5.34. The van der Waals surface area contributed by atoms with E-state index < -0.39 is 0 Å². The number of nitrogens with two attached hydrogens (primary N) is 1. The molecule has 1 aromatic carbocycles. The Morgan fingerprint density at radius 2 is 1.42 bits per heavy atom. The molecule has 0 unspecified atom stereocenters. The van der Waals surface area contributed by atoms with Gasteiger partial charge in [-0.2, -0.15) is 0 Å². The summed E-state index contributed by atoms with van der Waals surface area (Å²) in [7, 11) is 0. The van der Waals surface area contributed by atoms with Crippen molar-refractivity contribution in [2.75, 3.05) is 6.54 Å². The molecular weight excluding hydrogens is 238 g/mol. The van der Waals surface area contributed by atoms with Gasteiger partial charge in [0, 0.05) is 22.3 Å². The fourth-order valence-corrected chi connectivity index (χ4v) is 3.08. The van der Waals surface area contributed by atoms with Crippen LogP contribution in [0, 0.1) is 5.92 Å². The van der Waals surface area contributed by atoms with Crippen molar-refractivity contribution in [2.45, 2.75) is 25.7 Å². The zero-order chi connectivity index (χ0) is 13.4. The number of hydrogen-bond donors (Lipinski definition) is 1. The predicted molar refractivity (Wildman–Crippen MR) is 73.1 cm³/mol. The van der Waals surface area contributed by atoms with E-state index in [-0.39, 0.29) is 11.6 Å². The normalized spacial score (nSPS) is 20.1. The Morgan fingerprint density at radius 1 is 0.947 bits per heavy atom. The standard InChI is InChI=1S/C16H17NO2/c17-9-10-5-7-13-14(8-6-10)16(19)12-4-2-1-3-11(12)15(13)18/h1-4,10H,5-9,17H2. The maximum atomic E-state index is 12.5. The van der Waals surface area contributed by atoms with Crippen LogP contribution in [0.5, 0.6) is 0 Å². The molecule has 2 aliphatic carbocycles. The molecule has 19 heavy (non-hydrogen) atoms. The monoisotopic (exact) mass is 255 g/mol. The highest BCUT2D eigenvalue weighted by atomic mass is 16.1. The van der Waals surface area contributed by atoms with Crippen molar-refractivity contribution in [3.8, 4) is 0 Å². The Morgan fingerprint density at radius 3 is 1.84 bits per heavy atom. The van der Waals surface area contributed by atoms with Crippen molar-refractivity contribution in [3.63, 3.8) is 0 Å². The Kier molecular flexibility index (Phi) is 3.07. The van der Waals surface area contributed by atoms with Crippen LogP contribution in [0.4, 0.5) is 0 Å². The van der Waals surface area contributed by atoms with Crippen LogP contribution < -0.4 is 5.73 Å². The molecule has 0 saturated carbocycles. The van der Waals surface area contributed by atoms with E-state index in [1.165, 1.54) is 0 Å². The highest BCUT2D eigenvalue weighted by molar-refractivity contribution is 6.26. The van der Waals surface area contributed by atoms with Gasteiger partial charge >= 0.3 is 0 Å². The van der Waals surface area contributed by atoms with Gasteiger partial charge in [-0.05, 0) is 38.1 Å². The molecule has 3 rings (SSSR count). The number of Topliss-reactive ketones (excluding diaryl/α,β-unsaturated/α-hetero) is 2. The van der Waals surface area contributed by atoms with E-state index in [0.29, 0.717) is 36.4 Å². The molecule has 3 nitrogen and oxygen atoms in total. The first kappa shape index (κ1) is 12.3. The third-order valence-corrected chi connectivity index (χ3v) is 4.27. The molecule has 0 atom stereocenters. The number of ketones is 2. The maximum Gasteiger partial charge on any atom is 0.190 e. The van der Waals surface area contributed by atoms with Crippen LogP contribution >= 0.6 is 0 Å². The lowest BCUT2D eigenvalue weighted by atomic mass is 9.82. The van der Waals surface area contributed by atoms with Crippen molar-refractivity contribution in [3.05, 3.63) is 46.5 Å². The van der Waals surface area contributed by atoms with Crippen LogP contribution in [-0.2, 0) is 0 Å². The van der Waals surface area contributed by atoms with Gasteiger partial charge in [0.25, 0.3) is 0 Å². The minimum Gasteiger partial charge on any atom is -0.330 e. The van der Waals surface area contributed by atoms with Gasteiger partial charge in [-0.1, -0.05) is 24.3 Å². The number of benzene rings is 1. The average Bonchev–Trinajstić information content (AvgIpc) is 2.67. The summed E-state index contributed by atoms with van der Waals surface area (Å²) in [4.78, 5) is 25.0. The Bertz CT molecular complexity index is 537. The van der Waals surface area contributed by atoms with Crippen molar-refractivity contribution < 1.29 is 9.59 Å². The number of carbonyl (C=O) groups excluding carboxylic acids is 2. The van der Waals surface area contributed by atoms with Crippen molar-refractivity contribution in [1.29, 1.82) is 0 Å². The van der Waals surface area contributed by atoms with Crippen LogP contribution in [0.15, 0.2) is 35.4 Å². The molecule has 0 aliphatic heterocycles. The molecule has 98 valence electrons. The quantitative estimate of drug-likeness (QED) is 0.838. The van der Waals surface area contributed by atoms with E-state index in [0.717, 1.165) is 24.0 Å². The first-order valence-electron chi connectivity index (χ1n) is 6.83. The summed E-state index contributed by atoms with van der Waals surface area (Å²) in [6, 6.07) is 7.14. The van der Waals surface area contributed by atoms with Crippen molar-refractivity contribution in [1.82, 2.24) is 0 Å². The topological polar surface area (TPSA) is 60.2 Å². The number of allylic oxidation sites excluding steroid dienone is 2. The molecule has 0 spiro atoms. The lowest BCUT2D eigenvalue weighted by molar-refractivity contribution is 0.0970. The fraction of sp³-hybridized carbons (Fsp3) is 0.375. The maximum absolute atomic E-state index is 12.5. The average molecular weight is 255 g/mol. The summed E-state index contributed by atoms with van der Waals surface area (Å²) in [5, 5.41) is 0. The Hall–Kier alpha value is -1.74. The first-order valence-corrected chi connectivity index (χ1v) is 6.83. The number of rotatable bonds is 1. The summed E-state index contributed by atoms with van der Waals surface area (Å²) in [6.45, 7) is 0.635. The smallest absolute Gasteiger partial charge is 0.190 e. The van der Waals surface area contributed by atoms with Gasteiger partial charge < -0.3 is 5.73 Å². The van der Waals surface area contributed by atoms with E-state index in [1.807, 2.05) is 12.1 Å². The Labute approximate surface area is 112 Å². The molecule has 2 aliphatic rings. The van der Waals surface area contributed by atoms with Gasteiger partial charge in [0.05, 0.1) is 0 Å². The van der Waals surface area contributed by atoms with Crippen LogP contribution in [0.2, 0.25) is 0 Å². The molecule has 0 amide bonds. The van der Waals surface area contributed by atoms with Gasteiger partial charge in [0.15, 0.2) is 11.6 Å². The predicted octanol–water partition coefficient (Wildman–Crippen LogP) is 2.51. The van der Waals surface area contributed by atoms with E-state index >= 15 is 0 Å².